The SMILES string of the molecule is CCCCN[C@@H](C)c1ccccc1OCCC. The number of hydrogen-bond acceptors (Lipinski definition) is 2. The van der Waals surface area contributed by atoms with Crippen molar-refractivity contribution in [2.45, 2.75) is 46.1 Å². The van der Waals surface area contributed by atoms with Gasteiger partial charge in [-0.05, 0) is 32.4 Å². The highest BCUT2D eigenvalue weighted by atomic mass is 16.5. The summed E-state index contributed by atoms with van der Waals surface area (Å²) in [5.74, 6) is 1.02. The molecule has 0 heterocycles. The average Bonchev–Trinajstić information content (AvgIpc) is 2.37. The van der Waals surface area contributed by atoms with Gasteiger partial charge in [0.2, 0.25) is 0 Å². The van der Waals surface area contributed by atoms with E-state index >= 15 is 0 Å². The summed E-state index contributed by atoms with van der Waals surface area (Å²) in [5, 5.41) is 3.54. The van der Waals surface area contributed by atoms with Gasteiger partial charge in [-0.25, -0.2) is 0 Å². The molecule has 0 unspecified atom stereocenters. The number of ether oxygens (including phenoxy) is 1. The van der Waals surface area contributed by atoms with Gasteiger partial charge in [-0.3, -0.25) is 0 Å². The van der Waals surface area contributed by atoms with Gasteiger partial charge in [0, 0.05) is 11.6 Å². The van der Waals surface area contributed by atoms with Gasteiger partial charge in [0.15, 0.2) is 0 Å². The molecule has 1 N–H and O–H groups in total. The second-order valence-electron chi connectivity index (χ2n) is 4.42. The van der Waals surface area contributed by atoms with Gasteiger partial charge in [-0.1, -0.05) is 38.5 Å². The van der Waals surface area contributed by atoms with Crippen molar-refractivity contribution in [1.29, 1.82) is 0 Å². The second-order valence-corrected chi connectivity index (χ2v) is 4.42. The summed E-state index contributed by atoms with van der Waals surface area (Å²) in [4.78, 5) is 0. The Kier molecular flexibility index (Phi) is 6.71. The maximum atomic E-state index is 5.77. The number of para-hydroxylation sites is 1. The van der Waals surface area contributed by atoms with Crippen LogP contribution < -0.4 is 10.1 Å². The first-order chi connectivity index (χ1) is 8.29. The van der Waals surface area contributed by atoms with E-state index < -0.39 is 0 Å². The van der Waals surface area contributed by atoms with Crippen LogP contribution in [-0.2, 0) is 0 Å². The van der Waals surface area contributed by atoms with Gasteiger partial charge in [0.25, 0.3) is 0 Å². The van der Waals surface area contributed by atoms with Crippen LogP contribution >= 0.6 is 0 Å². The van der Waals surface area contributed by atoms with Gasteiger partial charge in [0.1, 0.15) is 5.75 Å². The van der Waals surface area contributed by atoms with E-state index in [1.165, 1.54) is 18.4 Å². The fourth-order valence-electron chi connectivity index (χ4n) is 1.79. The molecule has 0 bridgehead atoms. The lowest BCUT2D eigenvalue weighted by atomic mass is 10.1. The fourth-order valence-corrected chi connectivity index (χ4v) is 1.79. The number of unbranched alkanes of at least 4 members (excludes halogenated alkanes) is 1. The predicted molar refractivity (Wildman–Crippen MR) is 73.6 cm³/mol. The molecule has 1 aromatic carbocycles. The fraction of sp³-hybridized carbons (Fsp3) is 0.600. The zero-order valence-corrected chi connectivity index (χ0v) is 11.3. The number of benzene rings is 1. The Hall–Kier alpha value is -1.02. The molecule has 17 heavy (non-hydrogen) atoms. The van der Waals surface area contributed by atoms with Crippen LogP contribution in [0.5, 0.6) is 5.75 Å². The Morgan fingerprint density at radius 2 is 1.94 bits per heavy atom. The summed E-state index contributed by atoms with van der Waals surface area (Å²) in [6, 6.07) is 8.67. The molecule has 0 spiro atoms. The summed E-state index contributed by atoms with van der Waals surface area (Å²) < 4.78 is 5.77. The monoisotopic (exact) mass is 235 g/mol. The Bertz CT molecular complexity index is 312. The zero-order valence-electron chi connectivity index (χ0n) is 11.3. The van der Waals surface area contributed by atoms with Gasteiger partial charge < -0.3 is 10.1 Å². The maximum absolute atomic E-state index is 5.77. The second kappa shape index (κ2) is 8.13. The zero-order chi connectivity index (χ0) is 12.5. The average molecular weight is 235 g/mol. The van der Waals surface area contributed by atoms with Crippen molar-refractivity contribution in [2.24, 2.45) is 0 Å². The normalized spacial score (nSPS) is 12.4. The first-order valence-corrected chi connectivity index (χ1v) is 6.74. The molecule has 0 aliphatic heterocycles. The highest BCUT2D eigenvalue weighted by Gasteiger charge is 2.09. The predicted octanol–water partition coefficient (Wildman–Crippen LogP) is 3.93. The van der Waals surface area contributed by atoms with Crippen LogP contribution in [0, 0.1) is 0 Å². The Morgan fingerprint density at radius 3 is 2.65 bits per heavy atom. The summed E-state index contributed by atoms with van der Waals surface area (Å²) in [6.45, 7) is 8.40. The van der Waals surface area contributed by atoms with Gasteiger partial charge in [-0.2, -0.15) is 0 Å². The number of hydrogen-bond donors (Lipinski definition) is 1. The summed E-state index contributed by atoms with van der Waals surface area (Å²) in [6.07, 6.45) is 3.50. The van der Waals surface area contributed by atoms with Crippen LogP contribution in [-0.4, -0.2) is 13.2 Å². The van der Waals surface area contributed by atoms with E-state index in [-0.39, 0.29) is 0 Å². The van der Waals surface area contributed by atoms with Crippen molar-refractivity contribution in [1.82, 2.24) is 5.32 Å². The van der Waals surface area contributed by atoms with E-state index in [0.29, 0.717) is 6.04 Å². The molecule has 1 rings (SSSR count). The van der Waals surface area contributed by atoms with E-state index in [1.807, 2.05) is 6.07 Å². The topological polar surface area (TPSA) is 21.3 Å². The van der Waals surface area contributed by atoms with Crippen molar-refractivity contribution in [2.75, 3.05) is 13.2 Å². The number of rotatable bonds is 8. The van der Waals surface area contributed by atoms with E-state index in [1.54, 1.807) is 0 Å². The van der Waals surface area contributed by atoms with Crippen LogP contribution in [0.2, 0.25) is 0 Å². The van der Waals surface area contributed by atoms with Crippen molar-refractivity contribution < 1.29 is 4.74 Å². The molecule has 0 aromatic heterocycles. The molecule has 0 amide bonds. The maximum Gasteiger partial charge on any atom is 0.124 e. The van der Waals surface area contributed by atoms with Crippen LogP contribution in [0.25, 0.3) is 0 Å². The molecule has 0 fully saturated rings. The lowest BCUT2D eigenvalue weighted by Gasteiger charge is -2.18. The smallest absolute Gasteiger partial charge is 0.124 e. The Labute approximate surface area is 105 Å². The van der Waals surface area contributed by atoms with Gasteiger partial charge >= 0.3 is 0 Å². The third kappa shape index (κ3) is 4.78. The molecule has 2 nitrogen and oxygen atoms in total. The quantitative estimate of drug-likeness (QED) is 0.689. The van der Waals surface area contributed by atoms with E-state index in [4.69, 9.17) is 4.74 Å². The van der Waals surface area contributed by atoms with Crippen molar-refractivity contribution >= 4 is 0 Å². The third-order valence-electron chi connectivity index (χ3n) is 2.83. The Balaban J connectivity index is 2.60. The lowest BCUT2D eigenvalue weighted by molar-refractivity contribution is 0.311. The first-order valence-electron chi connectivity index (χ1n) is 6.74. The minimum absolute atomic E-state index is 0.356. The molecule has 0 saturated heterocycles. The van der Waals surface area contributed by atoms with Crippen molar-refractivity contribution in [3.8, 4) is 5.75 Å². The van der Waals surface area contributed by atoms with Crippen LogP contribution in [0.3, 0.4) is 0 Å². The van der Waals surface area contributed by atoms with Crippen molar-refractivity contribution in [3.05, 3.63) is 29.8 Å². The molecule has 1 aromatic rings. The van der Waals surface area contributed by atoms with Crippen LogP contribution in [0.15, 0.2) is 24.3 Å². The molecule has 0 aliphatic rings. The molecule has 96 valence electrons. The van der Waals surface area contributed by atoms with Crippen molar-refractivity contribution in [3.63, 3.8) is 0 Å². The highest BCUT2D eigenvalue weighted by Crippen LogP contribution is 2.24. The molecular formula is C15H25NO. The van der Waals surface area contributed by atoms with E-state index in [0.717, 1.165) is 25.3 Å². The van der Waals surface area contributed by atoms with Gasteiger partial charge in [0.05, 0.1) is 6.61 Å². The van der Waals surface area contributed by atoms with E-state index in [2.05, 4.69) is 44.3 Å². The lowest BCUT2D eigenvalue weighted by Crippen LogP contribution is -2.20. The highest BCUT2D eigenvalue weighted by molar-refractivity contribution is 5.35. The molecular weight excluding hydrogens is 210 g/mol. The van der Waals surface area contributed by atoms with Crippen LogP contribution in [0.4, 0.5) is 0 Å². The third-order valence-corrected chi connectivity index (χ3v) is 2.83. The first kappa shape index (κ1) is 14.0. The molecule has 0 radical (unpaired) electrons. The minimum atomic E-state index is 0.356. The standard InChI is InChI=1S/C15H25NO/c1-4-6-11-16-13(3)14-9-7-8-10-15(14)17-12-5-2/h7-10,13,16H,4-6,11-12H2,1-3H3/t13-/m0/s1. The number of nitrogens with one attached hydrogen (secondary N) is 1. The van der Waals surface area contributed by atoms with E-state index in [9.17, 15) is 0 Å². The van der Waals surface area contributed by atoms with Crippen LogP contribution in [0.1, 0.15) is 51.6 Å². The Morgan fingerprint density at radius 1 is 1.18 bits per heavy atom. The molecule has 0 saturated carbocycles. The molecule has 2 heteroatoms. The van der Waals surface area contributed by atoms with Gasteiger partial charge in [-0.15, -0.1) is 0 Å². The molecule has 0 aliphatic carbocycles. The minimum Gasteiger partial charge on any atom is -0.493 e. The molecule has 1 atom stereocenters. The summed E-state index contributed by atoms with van der Waals surface area (Å²) >= 11 is 0. The largest absolute Gasteiger partial charge is 0.493 e. The summed E-state index contributed by atoms with van der Waals surface area (Å²) in [7, 11) is 0. The summed E-state index contributed by atoms with van der Waals surface area (Å²) in [5.41, 5.74) is 1.26.